The van der Waals surface area contributed by atoms with E-state index in [1.54, 1.807) is 23.2 Å². The molecule has 0 atom stereocenters. The lowest BCUT2D eigenvalue weighted by Gasteiger charge is -2.02. The summed E-state index contributed by atoms with van der Waals surface area (Å²) in [4.78, 5) is 17.2. The van der Waals surface area contributed by atoms with Gasteiger partial charge in [-0.15, -0.1) is 0 Å². The fraction of sp³-hybridized carbons (Fsp3) is 0.200. The lowest BCUT2D eigenvalue weighted by Crippen LogP contribution is -2.04. The van der Waals surface area contributed by atoms with Gasteiger partial charge in [0, 0.05) is 37.6 Å². The van der Waals surface area contributed by atoms with Gasteiger partial charge in [0.15, 0.2) is 0 Å². The molecule has 0 radical (unpaired) electrons. The van der Waals surface area contributed by atoms with Crippen molar-refractivity contribution in [1.82, 2.24) is 9.88 Å². The van der Waals surface area contributed by atoms with Crippen LogP contribution in [0.25, 0.3) is 0 Å². The number of hydrogen-bond acceptors (Lipinski definition) is 3. The highest BCUT2D eigenvalue weighted by Crippen LogP contribution is 2.08. The van der Waals surface area contributed by atoms with Crippen molar-refractivity contribution >= 4 is 17.4 Å². The zero-order chi connectivity index (χ0) is 10.6. The van der Waals surface area contributed by atoms with Crippen molar-refractivity contribution in [1.29, 1.82) is 0 Å². The first-order valence-corrected chi connectivity index (χ1v) is 4.48. The summed E-state index contributed by atoms with van der Waals surface area (Å²) in [6.07, 6.45) is 4.64. The molecule has 0 unspecified atom stereocenters. The molecule has 0 aromatic carbocycles. The van der Waals surface area contributed by atoms with E-state index in [-0.39, 0.29) is 5.78 Å². The summed E-state index contributed by atoms with van der Waals surface area (Å²) in [5.74, 6) is -0.152. The number of carbonyl (C=O) groups is 1. The first-order valence-electron chi connectivity index (χ1n) is 4.10. The van der Waals surface area contributed by atoms with Crippen LogP contribution in [0.4, 0.5) is 0 Å². The van der Waals surface area contributed by atoms with Crippen LogP contribution < -0.4 is 0 Å². The van der Waals surface area contributed by atoms with Crippen LogP contribution in [0.2, 0.25) is 5.02 Å². The number of aromatic nitrogens is 1. The molecule has 1 aromatic heterocycles. The molecule has 0 spiro atoms. The van der Waals surface area contributed by atoms with E-state index in [9.17, 15) is 4.79 Å². The molecule has 0 saturated heterocycles. The standard InChI is InChI=1S/C10H11ClN2O/c1-13(2)6-4-10(14)9-7-8(11)3-5-12-9/h3-7H,1-2H3/b6-4-. The van der Waals surface area contributed by atoms with Crippen LogP contribution in [0.15, 0.2) is 30.6 Å². The van der Waals surface area contributed by atoms with E-state index in [0.29, 0.717) is 10.7 Å². The molecule has 74 valence electrons. The average molecular weight is 211 g/mol. The number of hydrogen-bond donors (Lipinski definition) is 0. The number of allylic oxidation sites excluding steroid dienone is 1. The van der Waals surface area contributed by atoms with Gasteiger partial charge in [-0.1, -0.05) is 11.6 Å². The maximum Gasteiger partial charge on any atom is 0.205 e. The molecule has 3 nitrogen and oxygen atoms in total. The van der Waals surface area contributed by atoms with Gasteiger partial charge in [0.25, 0.3) is 0 Å². The largest absolute Gasteiger partial charge is 0.383 e. The normalized spacial score (nSPS) is 10.5. The van der Waals surface area contributed by atoms with Crippen molar-refractivity contribution < 1.29 is 4.79 Å². The van der Waals surface area contributed by atoms with Crippen LogP contribution in [0.1, 0.15) is 10.5 Å². The number of nitrogens with zero attached hydrogens (tertiary/aromatic N) is 2. The maximum atomic E-state index is 11.5. The van der Waals surface area contributed by atoms with E-state index in [2.05, 4.69) is 4.98 Å². The smallest absolute Gasteiger partial charge is 0.205 e. The fourth-order valence-electron chi connectivity index (χ4n) is 0.842. The lowest BCUT2D eigenvalue weighted by molar-refractivity contribution is 0.104. The van der Waals surface area contributed by atoms with Gasteiger partial charge in [-0.2, -0.15) is 0 Å². The van der Waals surface area contributed by atoms with Crippen molar-refractivity contribution in [3.63, 3.8) is 0 Å². The Bertz CT molecular complexity index is 361. The number of carbonyl (C=O) groups excluding carboxylic acids is 1. The quantitative estimate of drug-likeness (QED) is 0.565. The van der Waals surface area contributed by atoms with Gasteiger partial charge >= 0.3 is 0 Å². The first kappa shape index (κ1) is 10.7. The minimum atomic E-state index is -0.152. The zero-order valence-corrected chi connectivity index (χ0v) is 8.82. The molecule has 0 aliphatic heterocycles. The Morgan fingerprint density at radius 2 is 2.29 bits per heavy atom. The van der Waals surface area contributed by atoms with Gasteiger partial charge in [-0.25, -0.2) is 0 Å². The fourth-order valence-corrected chi connectivity index (χ4v) is 1.00. The third kappa shape index (κ3) is 3.18. The van der Waals surface area contributed by atoms with Crippen molar-refractivity contribution in [3.8, 4) is 0 Å². The van der Waals surface area contributed by atoms with Crippen LogP contribution in [-0.2, 0) is 0 Å². The second-order valence-corrected chi connectivity index (χ2v) is 3.44. The second kappa shape index (κ2) is 4.77. The summed E-state index contributed by atoms with van der Waals surface area (Å²) < 4.78 is 0. The molecular formula is C10H11ClN2O. The van der Waals surface area contributed by atoms with Gasteiger partial charge in [-0.3, -0.25) is 9.78 Å². The van der Waals surface area contributed by atoms with E-state index in [4.69, 9.17) is 11.6 Å². The van der Waals surface area contributed by atoms with Crippen LogP contribution in [-0.4, -0.2) is 29.8 Å². The predicted molar refractivity (Wildman–Crippen MR) is 56.4 cm³/mol. The molecule has 0 aliphatic rings. The van der Waals surface area contributed by atoms with Crippen LogP contribution in [0, 0.1) is 0 Å². The molecule has 1 rings (SSSR count). The molecule has 4 heteroatoms. The summed E-state index contributed by atoms with van der Waals surface area (Å²) in [5, 5.41) is 0.515. The maximum absolute atomic E-state index is 11.5. The predicted octanol–water partition coefficient (Wildman–Crippen LogP) is 1.99. The molecule has 0 aliphatic carbocycles. The van der Waals surface area contributed by atoms with Gasteiger partial charge in [-0.05, 0) is 12.1 Å². The van der Waals surface area contributed by atoms with Crippen LogP contribution in [0.3, 0.4) is 0 Å². The van der Waals surface area contributed by atoms with Gasteiger partial charge in [0.05, 0.1) is 0 Å². The minimum Gasteiger partial charge on any atom is -0.383 e. The van der Waals surface area contributed by atoms with Crippen molar-refractivity contribution in [2.75, 3.05) is 14.1 Å². The Morgan fingerprint density at radius 1 is 1.57 bits per heavy atom. The Morgan fingerprint density at radius 3 is 2.86 bits per heavy atom. The number of ketones is 1. The Balaban J connectivity index is 2.80. The van der Waals surface area contributed by atoms with Crippen molar-refractivity contribution in [2.24, 2.45) is 0 Å². The topological polar surface area (TPSA) is 33.2 Å². The third-order valence-corrected chi connectivity index (χ3v) is 1.73. The summed E-state index contributed by atoms with van der Waals surface area (Å²) in [5.41, 5.74) is 0.357. The highest BCUT2D eigenvalue weighted by Gasteiger charge is 2.03. The van der Waals surface area contributed by atoms with Crippen LogP contribution >= 0.6 is 11.6 Å². The van der Waals surface area contributed by atoms with Gasteiger partial charge in [0.1, 0.15) is 5.69 Å². The SMILES string of the molecule is CN(C)/C=C\C(=O)c1cc(Cl)ccn1. The molecule has 0 N–H and O–H groups in total. The average Bonchev–Trinajstić information content (AvgIpc) is 2.14. The molecule has 1 heterocycles. The Hall–Kier alpha value is -1.35. The highest BCUT2D eigenvalue weighted by atomic mass is 35.5. The summed E-state index contributed by atoms with van der Waals surface area (Å²) in [7, 11) is 3.68. The van der Waals surface area contributed by atoms with Gasteiger partial charge in [0.2, 0.25) is 5.78 Å². The Kier molecular flexibility index (Phi) is 3.65. The van der Waals surface area contributed by atoms with Crippen molar-refractivity contribution in [2.45, 2.75) is 0 Å². The van der Waals surface area contributed by atoms with E-state index in [1.165, 1.54) is 12.3 Å². The summed E-state index contributed by atoms with van der Waals surface area (Å²) in [6, 6.07) is 3.18. The Labute approximate surface area is 88.0 Å². The zero-order valence-electron chi connectivity index (χ0n) is 8.07. The number of pyridine rings is 1. The van der Waals surface area contributed by atoms with E-state index in [0.717, 1.165) is 0 Å². The van der Waals surface area contributed by atoms with E-state index >= 15 is 0 Å². The minimum absolute atomic E-state index is 0.152. The van der Waals surface area contributed by atoms with Crippen LogP contribution in [0.5, 0.6) is 0 Å². The first-order chi connectivity index (χ1) is 6.59. The molecule has 14 heavy (non-hydrogen) atoms. The number of halogens is 1. The van der Waals surface area contributed by atoms with Crippen molar-refractivity contribution in [3.05, 3.63) is 41.3 Å². The lowest BCUT2D eigenvalue weighted by atomic mass is 10.2. The van der Waals surface area contributed by atoms with E-state index in [1.807, 2.05) is 14.1 Å². The van der Waals surface area contributed by atoms with Gasteiger partial charge < -0.3 is 4.90 Å². The second-order valence-electron chi connectivity index (χ2n) is 3.00. The monoisotopic (exact) mass is 210 g/mol. The third-order valence-electron chi connectivity index (χ3n) is 1.50. The summed E-state index contributed by atoms with van der Waals surface area (Å²) >= 11 is 5.72. The highest BCUT2D eigenvalue weighted by molar-refractivity contribution is 6.30. The molecule has 1 aromatic rings. The number of rotatable bonds is 3. The molecule has 0 bridgehead atoms. The molecule has 0 saturated carbocycles. The molecular weight excluding hydrogens is 200 g/mol. The molecule has 0 amide bonds. The molecule has 0 fully saturated rings. The van der Waals surface area contributed by atoms with E-state index < -0.39 is 0 Å². The summed E-state index contributed by atoms with van der Waals surface area (Å²) in [6.45, 7) is 0.